The molecular formula is C21H26N2O3. The number of nitrogens with zero attached hydrogens (tertiary/aromatic N) is 2. The molecule has 0 N–H and O–H groups in total. The van der Waals surface area contributed by atoms with Crippen LogP contribution in [0.3, 0.4) is 0 Å². The molecule has 26 heavy (non-hydrogen) atoms. The normalized spacial score (nSPS) is 14.9. The molecule has 0 saturated carbocycles. The molecule has 0 bridgehead atoms. The third-order valence-corrected chi connectivity index (χ3v) is 4.85. The van der Waals surface area contributed by atoms with Crippen molar-refractivity contribution in [1.29, 1.82) is 0 Å². The van der Waals surface area contributed by atoms with Crippen LogP contribution < -0.4 is 9.47 Å². The number of carbonyl (C=O) groups excluding carboxylic acids is 1. The van der Waals surface area contributed by atoms with E-state index in [1.54, 1.807) is 26.4 Å². The van der Waals surface area contributed by atoms with Crippen molar-refractivity contribution in [1.82, 2.24) is 9.80 Å². The molecule has 1 heterocycles. The Balaban J connectivity index is 1.57. The Morgan fingerprint density at radius 3 is 2.31 bits per heavy atom. The van der Waals surface area contributed by atoms with Gasteiger partial charge in [-0.1, -0.05) is 36.4 Å². The number of ether oxygens (including phenoxy) is 2. The zero-order valence-electron chi connectivity index (χ0n) is 15.5. The Bertz CT molecular complexity index is 725. The second-order valence-corrected chi connectivity index (χ2v) is 6.41. The maximum Gasteiger partial charge on any atom is 0.257 e. The number of amides is 1. The van der Waals surface area contributed by atoms with E-state index in [1.807, 2.05) is 17.0 Å². The maximum absolute atomic E-state index is 12.9. The lowest BCUT2D eigenvalue weighted by molar-refractivity contribution is 0.0634. The molecule has 1 saturated heterocycles. The fourth-order valence-electron chi connectivity index (χ4n) is 3.33. The highest BCUT2D eigenvalue weighted by molar-refractivity contribution is 5.97. The second-order valence-electron chi connectivity index (χ2n) is 6.41. The molecule has 1 amide bonds. The average molecular weight is 354 g/mol. The van der Waals surface area contributed by atoms with Crippen molar-refractivity contribution in [2.75, 3.05) is 46.9 Å². The predicted molar refractivity (Wildman–Crippen MR) is 102 cm³/mol. The van der Waals surface area contributed by atoms with Gasteiger partial charge in [-0.2, -0.15) is 0 Å². The van der Waals surface area contributed by atoms with Crippen molar-refractivity contribution in [3.63, 3.8) is 0 Å². The van der Waals surface area contributed by atoms with Crippen molar-refractivity contribution in [3.05, 3.63) is 59.7 Å². The predicted octanol–water partition coefficient (Wildman–Crippen LogP) is 2.70. The van der Waals surface area contributed by atoms with Crippen molar-refractivity contribution in [2.45, 2.75) is 6.42 Å². The third-order valence-electron chi connectivity index (χ3n) is 4.85. The molecule has 1 aliphatic heterocycles. The Labute approximate surface area is 155 Å². The molecule has 5 nitrogen and oxygen atoms in total. The van der Waals surface area contributed by atoms with Gasteiger partial charge in [0.05, 0.1) is 19.8 Å². The zero-order chi connectivity index (χ0) is 18.4. The molecule has 1 fully saturated rings. The molecule has 0 radical (unpaired) electrons. The highest BCUT2D eigenvalue weighted by atomic mass is 16.5. The van der Waals surface area contributed by atoms with E-state index in [9.17, 15) is 4.79 Å². The summed E-state index contributed by atoms with van der Waals surface area (Å²) in [5, 5.41) is 0. The van der Waals surface area contributed by atoms with Crippen molar-refractivity contribution >= 4 is 5.91 Å². The van der Waals surface area contributed by atoms with Crippen LogP contribution >= 0.6 is 0 Å². The number of benzene rings is 2. The summed E-state index contributed by atoms with van der Waals surface area (Å²) < 4.78 is 10.7. The molecule has 3 rings (SSSR count). The molecule has 0 unspecified atom stereocenters. The molecule has 0 spiro atoms. The van der Waals surface area contributed by atoms with Crippen LogP contribution in [-0.4, -0.2) is 62.7 Å². The Morgan fingerprint density at radius 2 is 1.65 bits per heavy atom. The minimum atomic E-state index is 0.00320. The highest BCUT2D eigenvalue weighted by Crippen LogP contribution is 2.31. The minimum Gasteiger partial charge on any atom is -0.493 e. The van der Waals surface area contributed by atoms with Crippen LogP contribution in [0.25, 0.3) is 0 Å². The van der Waals surface area contributed by atoms with Gasteiger partial charge in [-0.3, -0.25) is 9.69 Å². The van der Waals surface area contributed by atoms with E-state index < -0.39 is 0 Å². The van der Waals surface area contributed by atoms with E-state index in [4.69, 9.17) is 9.47 Å². The van der Waals surface area contributed by atoms with Crippen LogP contribution in [0, 0.1) is 0 Å². The molecule has 0 aliphatic carbocycles. The molecular weight excluding hydrogens is 328 g/mol. The van der Waals surface area contributed by atoms with Gasteiger partial charge in [0.25, 0.3) is 5.91 Å². The Kier molecular flexibility index (Phi) is 6.12. The van der Waals surface area contributed by atoms with Gasteiger partial charge in [0.15, 0.2) is 11.5 Å². The monoisotopic (exact) mass is 354 g/mol. The molecule has 5 heteroatoms. The summed E-state index contributed by atoms with van der Waals surface area (Å²) in [6.45, 7) is 4.27. The van der Waals surface area contributed by atoms with Gasteiger partial charge < -0.3 is 14.4 Å². The average Bonchev–Trinajstić information content (AvgIpc) is 2.72. The number of hydrogen-bond acceptors (Lipinski definition) is 4. The molecule has 2 aromatic rings. The first-order valence-electron chi connectivity index (χ1n) is 8.99. The number of hydrogen-bond donors (Lipinski definition) is 0. The summed E-state index contributed by atoms with van der Waals surface area (Å²) >= 11 is 0. The molecule has 0 aromatic heterocycles. The fraction of sp³-hybridized carbons (Fsp3) is 0.381. The summed E-state index contributed by atoms with van der Waals surface area (Å²) in [6, 6.07) is 15.9. The summed E-state index contributed by atoms with van der Waals surface area (Å²) in [6.07, 6.45) is 1.04. The van der Waals surface area contributed by atoms with Gasteiger partial charge in [0.1, 0.15) is 0 Å². The van der Waals surface area contributed by atoms with Gasteiger partial charge in [0, 0.05) is 32.7 Å². The van der Waals surface area contributed by atoms with E-state index >= 15 is 0 Å². The van der Waals surface area contributed by atoms with Gasteiger partial charge in [0.2, 0.25) is 0 Å². The number of para-hydroxylation sites is 1. The number of carbonyl (C=O) groups is 1. The second kappa shape index (κ2) is 8.72. The van der Waals surface area contributed by atoms with Crippen LogP contribution in [0.5, 0.6) is 11.5 Å². The first-order valence-corrected chi connectivity index (χ1v) is 8.99. The molecule has 138 valence electrons. The SMILES string of the molecule is COc1cccc(C(=O)N2CCN(CCc3ccccc3)CC2)c1OC. The Morgan fingerprint density at radius 1 is 0.923 bits per heavy atom. The van der Waals surface area contributed by atoms with Gasteiger partial charge in [-0.05, 0) is 24.1 Å². The smallest absolute Gasteiger partial charge is 0.257 e. The quantitative estimate of drug-likeness (QED) is 0.800. The highest BCUT2D eigenvalue weighted by Gasteiger charge is 2.25. The number of rotatable bonds is 6. The topological polar surface area (TPSA) is 42.0 Å². The molecule has 2 aromatic carbocycles. The van der Waals surface area contributed by atoms with E-state index in [1.165, 1.54) is 5.56 Å². The van der Waals surface area contributed by atoms with Crippen LogP contribution in [0.1, 0.15) is 15.9 Å². The summed E-state index contributed by atoms with van der Waals surface area (Å²) in [5.74, 6) is 1.09. The number of piperazine rings is 1. The van der Waals surface area contributed by atoms with E-state index in [2.05, 4.69) is 29.2 Å². The lowest BCUT2D eigenvalue weighted by atomic mass is 10.1. The van der Waals surface area contributed by atoms with Crippen molar-refractivity contribution in [2.24, 2.45) is 0 Å². The first kappa shape index (κ1) is 18.3. The standard InChI is InChI=1S/C21H26N2O3/c1-25-19-10-6-9-18(20(19)26-2)21(24)23-15-13-22(14-16-23)12-11-17-7-4-3-5-8-17/h3-10H,11-16H2,1-2H3. The minimum absolute atomic E-state index is 0.00320. The number of methoxy groups -OCH3 is 2. The molecule has 1 aliphatic rings. The first-order chi connectivity index (χ1) is 12.7. The Hall–Kier alpha value is -2.53. The van der Waals surface area contributed by atoms with Crippen LogP contribution in [0.4, 0.5) is 0 Å². The third kappa shape index (κ3) is 4.17. The van der Waals surface area contributed by atoms with Gasteiger partial charge >= 0.3 is 0 Å². The largest absolute Gasteiger partial charge is 0.493 e. The maximum atomic E-state index is 12.9. The summed E-state index contributed by atoms with van der Waals surface area (Å²) in [7, 11) is 3.15. The van der Waals surface area contributed by atoms with E-state index in [0.29, 0.717) is 17.1 Å². The molecule has 0 atom stereocenters. The zero-order valence-corrected chi connectivity index (χ0v) is 15.5. The van der Waals surface area contributed by atoms with Gasteiger partial charge in [-0.15, -0.1) is 0 Å². The lowest BCUT2D eigenvalue weighted by Gasteiger charge is -2.35. The van der Waals surface area contributed by atoms with Crippen LogP contribution in [0.2, 0.25) is 0 Å². The summed E-state index contributed by atoms with van der Waals surface area (Å²) in [5.41, 5.74) is 1.91. The van der Waals surface area contributed by atoms with Crippen LogP contribution in [0.15, 0.2) is 48.5 Å². The van der Waals surface area contributed by atoms with Gasteiger partial charge in [-0.25, -0.2) is 0 Å². The van der Waals surface area contributed by atoms with Crippen LogP contribution in [-0.2, 0) is 6.42 Å². The summed E-state index contributed by atoms with van der Waals surface area (Å²) in [4.78, 5) is 17.2. The van der Waals surface area contributed by atoms with Crippen molar-refractivity contribution < 1.29 is 14.3 Å². The lowest BCUT2D eigenvalue weighted by Crippen LogP contribution is -2.49. The van der Waals surface area contributed by atoms with E-state index in [-0.39, 0.29) is 5.91 Å². The fourth-order valence-corrected chi connectivity index (χ4v) is 3.33. The van der Waals surface area contributed by atoms with E-state index in [0.717, 1.165) is 39.1 Å². The van der Waals surface area contributed by atoms with Crippen molar-refractivity contribution in [3.8, 4) is 11.5 Å².